The quantitative estimate of drug-likeness (QED) is 0.570. The summed E-state index contributed by atoms with van der Waals surface area (Å²) in [5.41, 5.74) is 3.83. The van der Waals surface area contributed by atoms with Crippen molar-refractivity contribution in [2.75, 3.05) is 7.11 Å². The van der Waals surface area contributed by atoms with Gasteiger partial charge in [0.2, 0.25) is 0 Å². The van der Waals surface area contributed by atoms with Crippen LogP contribution in [0.3, 0.4) is 0 Å². The van der Waals surface area contributed by atoms with Crippen LogP contribution < -0.4 is 10.2 Å². The fourth-order valence-electron chi connectivity index (χ4n) is 2.32. The van der Waals surface area contributed by atoms with Crippen LogP contribution >= 0.6 is 11.6 Å². The minimum atomic E-state index is -0.267. The summed E-state index contributed by atoms with van der Waals surface area (Å²) in [6.07, 6.45) is 1.53. The van der Waals surface area contributed by atoms with E-state index in [-0.39, 0.29) is 5.91 Å². The number of fused-ring (bicyclic) bond motifs is 1. The third-order valence-corrected chi connectivity index (χ3v) is 3.86. The molecule has 0 heterocycles. The Morgan fingerprint density at radius 3 is 2.62 bits per heavy atom. The lowest BCUT2D eigenvalue weighted by molar-refractivity contribution is 0.0955. The molecule has 0 aliphatic heterocycles. The number of hydrogen-bond donors (Lipinski definition) is 1. The van der Waals surface area contributed by atoms with E-state index in [0.29, 0.717) is 16.3 Å². The normalized spacial score (nSPS) is 10.9. The highest BCUT2D eigenvalue weighted by Crippen LogP contribution is 2.24. The van der Waals surface area contributed by atoms with Crippen molar-refractivity contribution >= 4 is 34.5 Å². The van der Waals surface area contributed by atoms with Gasteiger partial charge in [0.1, 0.15) is 5.75 Å². The lowest BCUT2D eigenvalue weighted by Gasteiger charge is -2.04. The molecule has 0 atom stereocenters. The van der Waals surface area contributed by atoms with Gasteiger partial charge in [-0.2, -0.15) is 5.10 Å². The molecule has 1 amide bonds. The molecule has 120 valence electrons. The lowest BCUT2D eigenvalue weighted by Crippen LogP contribution is -2.17. The average Bonchev–Trinajstić information content (AvgIpc) is 2.61. The molecule has 0 unspecified atom stereocenters. The molecule has 0 saturated carbocycles. The maximum absolute atomic E-state index is 12.2. The van der Waals surface area contributed by atoms with Crippen LogP contribution in [0.5, 0.6) is 5.75 Å². The van der Waals surface area contributed by atoms with Gasteiger partial charge in [-0.05, 0) is 46.7 Å². The topological polar surface area (TPSA) is 50.7 Å². The van der Waals surface area contributed by atoms with E-state index in [9.17, 15) is 4.79 Å². The molecule has 0 aromatic heterocycles. The maximum atomic E-state index is 12.2. The highest BCUT2D eigenvalue weighted by molar-refractivity contribution is 6.32. The van der Waals surface area contributed by atoms with Crippen molar-refractivity contribution in [3.8, 4) is 5.75 Å². The molecule has 5 heteroatoms. The van der Waals surface area contributed by atoms with Crippen LogP contribution in [0.1, 0.15) is 15.9 Å². The van der Waals surface area contributed by atoms with Crippen molar-refractivity contribution in [2.24, 2.45) is 5.10 Å². The van der Waals surface area contributed by atoms with Crippen LogP contribution in [0.25, 0.3) is 10.8 Å². The van der Waals surface area contributed by atoms with E-state index in [0.717, 1.165) is 16.3 Å². The zero-order chi connectivity index (χ0) is 16.9. The van der Waals surface area contributed by atoms with Crippen LogP contribution in [0.2, 0.25) is 5.02 Å². The van der Waals surface area contributed by atoms with Gasteiger partial charge >= 0.3 is 0 Å². The first-order valence-corrected chi connectivity index (χ1v) is 7.71. The summed E-state index contributed by atoms with van der Waals surface area (Å²) >= 11 is 6.05. The Kier molecular flexibility index (Phi) is 4.77. The van der Waals surface area contributed by atoms with E-state index in [1.54, 1.807) is 31.4 Å². The number of amides is 1. The number of nitrogens with one attached hydrogen (secondary N) is 1. The van der Waals surface area contributed by atoms with E-state index in [2.05, 4.69) is 10.5 Å². The largest absolute Gasteiger partial charge is 0.495 e. The third-order valence-electron chi connectivity index (χ3n) is 3.57. The summed E-state index contributed by atoms with van der Waals surface area (Å²) in [6, 6.07) is 18.7. The Morgan fingerprint density at radius 1 is 1.08 bits per heavy atom. The first kappa shape index (κ1) is 16.0. The first-order valence-electron chi connectivity index (χ1n) is 7.33. The van der Waals surface area contributed by atoms with Gasteiger partial charge < -0.3 is 4.74 Å². The number of nitrogens with zero attached hydrogens (tertiary/aromatic N) is 1. The van der Waals surface area contributed by atoms with Crippen molar-refractivity contribution in [3.05, 3.63) is 76.8 Å². The summed E-state index contributed by atoms with van der Waals surface area (Å²) in [5, 5.41) is 6.56. The van der Waals surface area contributed by atoms with Crippen molar-refractivity contribution in [3.63, 3.8) is 0 Å². The van der Waals surface area contributed by atoms with E-state index in [1.165, 1.54) is 6.21 Å². The Balaban J connectivity index is 1.71. The van der Waals surface area contributed by atoms with Crippen LogP contribution in [-0.2, 0) is 0 Å². The molecule has 1 N–H and O–H groups in total. The van der Waals surface area contributed by atoms with Crippen LogP contribution in [-0.4, -0.2) is 19.2 Å². The van der Waals surface area contributed by atoms with Crippen LogP contribution in [0.4, 0.5) is 0 Å². The van der Waals surface area contributed by atoms with Crippen molar-refractivity contribution in [1.29, 1.82) is 0 Å². The molecular weight excluding hydrogens is 324 g/mol. The zero-order valence-electron chi connectivity index (χ0n) is 13.0. The molecule has 3 rings (SSSR count). The molecule has 3 aromatic carbocycles. The molecule has 0 spiro atoms. The van der Waals surface area contributed by atoms with Gasteiger partial charge in [-0.3, -0.25) is 4.79 Å². The molecule has 0 aliphatic rings. The summed E-state index contributed by atoms with van der Waals surface area (Å²) in [6.45, 7) is 0. The van der Waals surface area contributed by atoms with Crippen molar-refractivity contribution in [1.82, 2.24) is 5.43 Å². The molecule has 4 nitrogen and oxygen atoms in total. The number of ether oxygens (including phenoxy) is 1. The standard InChI is InChI=1S/C19H15ClN2O2/c1-24-18-9-6-13(10-17(18)20)12-21-22-19(23)16-8-7-14-4-2-3-5-15(14)11-16/h2-12H,1H3,(H,22,23)/b21-12-. The number of carbonyl (C=O) groups is 1. The molecule has 3 aromatic rings. The predicted octanol–water partition coefficient (Wildman–Crippen LogP) is 4.27. The molecule has 0 radical (unpaired) electrons. The highest BCUT2D eigenvalue weighted by Gasteiger charge is 2.05. The summed E-state index contributed by atoms with van der Waals surface area (Å²) in [4.78, 5) is 12.2. The number of hydrogen-bond acceptors (Lipinski definition) is 3. The number of hydrazone groups is 1. The summed E-state index contributed by atoms with van der Waals surface area (Å²) < 4.78 is 5.09. The number of carbonyl (C=O) groups excluding carboxylic acids is 1. The van der Waals surface area contributed by atoms with Gasteiger partial charge in [0.15, 0.2) is 0 Å². The van der Waals surface area contributed by atoms with Gasteiger partial charge in [-0.15, -0.1) is 0 Å². The predicted molar refractivity (Wildman–Crippen MR) is 97.0 cm³/mol. The SMILES string of the molecule is COc1ccc(/C=N\NC(=O)c2ccc3ccccc3c2)cc1Cl. The van der Waals surface area contributed by atoms with Gasteiger partial charge in [0, 0.05) is 5.56 Å². The Hall–Kier alpha value is -2.85. The second-order valence-electron chi connectivity index (χ2n) is 5.16. The van der Waals surface area contributed by atoms with Gasteiger partial charge in [0.05, 0.1) is 18.3 Å². The Bertz CT molecular complexity index is 922. The molecule has 0 bridgehead atoms. The minimum absolute atomic E-state index is 0.267. The second kappa shape index (κ2) is 7.15. The second-order valence-corrected chi connectivity index (χ2v) is 5.56. The van der Waals surface area contributed by atoms with E-state index in [4.69, 9.17) is 16.3 Å². The number of methoxy groups -OCH3 is 1. The van der Waals surface area contributed by atoms with E-state index >= 15 is 0 Å². The van der Waals surface area contributed by atoms with Gasteiger partial charge in [-0.25, -0.2) is 5.43 Å². The third kappa shape index (κ3) is 3.55. The minimum Gasteiger partial charge on any atom is -0.495 e. The maximum Gasteiger partial charge on any atom is 0.271 e. The lowest BCUT2D eigenvalue weighted by atomic mass is 10.1. The molecule has 0 saturated heterocycles. The van der Waals surface area contributed by atoms with Crippen molar-refractivity contribution < 1.29 is 9.53 Å². The Labute approximate surface area is 144 Å². The Morgan fingerprint density at radius 2 is 1.88 bits per heavy atom. The summed E-state index contributed by atoms with van der Waals surface area (Å²) in [5.74, 6) is 0.325. The smallest absolute Gasteiger partial charge is 0.271 e. The fraction of sp³-hybridized carbons (Fsp3) is 0.0526. The van der Waals surface area contributed by atoms with E-state index in [1.807, 2.05) is 36.4 Å². The molecule has 0 aliphatic carbocycles. The van der Waals surface area contributed by atoms with Crippen molar-refractivity contribution in [2.45, 2.75) is 0 Å². The van der Waals surface area contributed by atoms with Gasteiger partial charge in [0.25, 0.3) is 5.91 Å². The number of rotatable bonds is 4. The zero-order valence-corrected chi connectivity index (χ0v) is 13.7. The number of benzene rings is 3. The summed E-state index contributed by atoms with van der Waals surface area (Å²) in [7, 11) is 1.55. The van der Waals surface area contributed by atoms with E-state index < -0.39 is 0 Å². The monoisotopic (exact) mass is 338 g/mol. The first-order chi connectivity index (χ1) is 11.7. The molecule has 0 fully saturated rings. The fourth-order valence-corrected chi connectivity index (χ4v) is 2.59. The number of halogens is 1. The van der Waals surface area contributed by atoms with Gasteiger partial charge in [-0.1, -0.05) is 41.9 Å². The van der Waals surface area contributed by atoms with Crippen LogP contribution in [0, 0.1) is 0 Å². The highest BCUT2D eigenvalue weighted by atomic mass is 35.5. The van der Waals surface area contributed by atoms with Crippen LogP contribution in [0.15, 0.2) is 65.8 Å². The average molecular weight is 339 g/mol. The molecule has 24 heavy (non-hydrogen) atoms. The molecular formula is C19H15ClN2O2.